The number of guanidine groups is 1. The van der Waals surface area contributed by atoms with Gasteiger partial charge in [0.1, 0.15) is 5.01 Å². The van der Waals surface area contributed by atoms with E-state index in [1.807, 2.05) is 13.2 Å². The van der Waals surface area contributed by atoms with E-state index in [9.17, 15) is 0 Å². The molecule has 0 bridgehead atoms. The van der Waals surface area contributed by atoms with Gasteiger partial charge in [0, 0.05) is 50.8 Å². The third kappa shape index (κ3) is 5.05. The van der Waals surface area contributed by atoms with E-state index in [0.717, 1.165) is 56.7 Å². The van der Waals surface area contributed by atoms with Gasteiger partial charge in [-0.1, -0.05) is 36.8 Å². The van der Waals surface area contributed by atoms with E-state index in [4.69, 9.17) is 0 Å². The quantitative estimate of drug-likeness (QED) is 0.648. The molecule has 6 heteroatoms. The molecule has 0 saturated carbocycles. The molecule has 2 heterocycles. The highest BCUT2D eigenvalue weighted by Gasteiger charge is 2.19. The lowest BCUT2D eigenvalue weighted by atomic mass is 10.1. The summed E-state index contributed by atoms with van der Waals surface area (Å²) >= 11 is 1.78. The Labute approximate surface area is 160 Å². The number of nitrogens with zero attached hydrogens (tertiary/aromatic N) is 4. The Bertz CT molecular complexity index is 731. The van der Waals surface area contributed by atoms with Crippen LogP contribution in [0, 0.1) is 6.92 Å². The van der Waals surface area contributed by atoms with Crippen molar-refractivity contribution >= 4 is 17.3 Å². The summed E-state index contributed by atoms with van der Waals surface area (Å²) < 4.78 is 0. The molecule has 0 spiro atoms. The maximum Gasteiger partial charge on any atom is 0.194 e. The van der Waals surface area contributed by atoms with Gasteiger partial charge in [-0.3, -0.25) is 9.89 Å². The summed E-state index contributed by atoms with van der Waals surface area (Å²) in [5.74, 6) is 0.980. The van der Waals surface area contributed by atoms with Gasteiger partial charge in [0.15, 0.2) is 5.96 Å². The molecule has 1 aromatic heterocycles. The van der Waals surface area contributed by atoms with Crippen molar-refractivity contribution < 1.29 is 0 Å². The fraction of sp³-hybridized carbons (Fsp3) is 0.500. The molecule has 0 amide bonds. The molecule has 1 aliphatic rings. The number of aromatic nitrogens is 1. The van der Waals surface area contributed by atoms with E-state index in [1.54, 1.807) is 11.3 Å². The molecule has 0 aliphatic carbocycles. The third-order valence-corrected chi connectivity index (χ3v) is 5.86. The zero-order valence-electron chi connectivity index (χ0n) is 16.0. The number of hydrogen-bond donors (Lipinski definition) is 1. The Kier molecular flexibility index (Phi) is 6.63. The van der Waals surface area contributed by atoms with Crippen molar-refractivity contribution in [3.63, 3.8) is 0 Å². The number of thiazole rings is 1. The van der Waals surface area contributed by atoms with E-state index in [1.165, 1.54) is 16.0 Å². The van der Waals surface area contributed by atoms with Crippen molar-refractivity contribution in [1.82, 2.24) is 20.1 Å². The van der Waals surface area contributed by atoms with Crippen molar-refractivity contribution in [2.45, 2.75) is 33.4 Å². The van der Waals surface area contributed by atoms with Gasteiger partial charge in [0.05, 0.1) is 6.54 Å². The molecule has 140 valence electrons. The van der Waals surface area contributed by atoms with Crippen LogP contribution in [0.25, 0.3) is 0 Å². The molecule has 0 radical (unpaired) electrons. The van der Waals surface area contributed by atoms with Crippen LogP contribution < -0.4 is 5.32 Å². The molecule has 26 heavy (non-hydrogen) atoms. The molecule has 1 aromatic carbocycles. The van der Waals surface area contributed by atoms with Crippen LogP contribution in [0.4, 0.5) is 0 Å². The van der Waals surface area contributed by atoms with Gasteiger partial charge in [-0.25, -0.2) is 4.98 Å². The first-order valence-electron chi connectivity index (χ1n) is 9.35. The van der Waals surface area contributed by atoms with E-state index >= 15 is 0 Å². The van der Waals surface area contributed by atoms with Gasteiger partial charge in [-0.05, 0) is 18.9 Å². The van der Waals surface area contributed by atoms with Gasteiger partial charge >= 0.3 is 0 Å². The summed E-state index contributed by atoms with van der Waals surface area (Å²) in [5.41, 5.74) is 2.73. The second-order valence-electron chi connectivity index (χ2n) is 6.73. The molecular weight excluding hydrogens is 342 g/mol. The summed E-state index contributed by atoms with van der Waals surface area (Å²) in [6.45, 7) is 10.2. The summed E-state index contributed by atoms with van der Waals surface area (Å²) in [6.07, 6.45) is 3.03. The topological polar surface area (TPSA) is 43.8 Å². The van der Waals surface area contributed by atoms with E-state index in [0.29, 0.717) is 0 Å². The minimum atomic E-state index is 0.751. The average Bonchev–Trinajstić information content (AvgIpc) is 3.12. The molecule has 2 aromatic rings. The first kappa shape index (κ1) is 18.9. The van der Waals surface area contributed by atoms with E-state index in [-0.39, 0.29) is 0 Å². The van der Waals surface area contributed by atoms with Crippen molar-refractivity contribution in [3.8, 4) is 0 Å². The van der Waals surface area contributed by atoms with Crippen LogP contribution in [-0.4, -0.2) is 54.0 Å². The highest BCUT2D eigenvalue weighted by molar-refractivity contribution is 7.11. The number of piperazine rings is 1. The normalized spacial score (nSPS) is 16.1. The van der Waals surface area contributed by atoms with E-state index < -0.39 is 0 Å². The zero-order valence-corrected chi connectivity index (χ0v) is 16.9. The Morgan fingerprint density at radius 1 is 1.27 bits per heavy atom. The Morgan fingerprint density at radius 2 is 2.08 bits per heavy atom. The van der Waals surface area contributed by atoms with Gasteiger partial charge < -0.3 is 10.2 Å². The highest BCUT2D eigenvalue weighted by Crippen LogP contribution is 2.14. The first-order chi connectivity index (χ1) is 12.7. The Morgan fingerprint density at radius 3 is 2.73 bits per heavy atom. The number of aryl methyl sites for hydroxylation is 2. The van der Waals surface area contributed by atoms with Crippen molar-refractivity contribution in [2.75, 3.05) is 33.2 Å². The highest BCUT2D eigenvalue weighted by atomic mass is 32.1. The second kappa shape index (κ2) is 9.14. The van der Waals surface area contributed by atoms with Gasteiger partial charge in [0.2, 0.25) is 0 Å². The number of nitrogens with one attached hydrogen (secondary N) is 1. The minimum absolute atomic E-state index is 0.751. The molecular formula is C20H29N5S. The fourth-order valence-corrected chi connectivity index (χ4v) is 4.07. The SMILES string of the molecule is CCc1cnc(CNC(=NC)N2CCN(Cc3cccc(C)c3)CC2)s1. The van der Waals surface area contributed by atoms with Crippen LogP contribution in [0.3, 0.4) is 0 Å². The summed E-state index contributed by atoms with van der Waals surface area (Å²) in [6, 6.07) is 8.81. The molecule has 0 unspecified atom stereocenters. The van der Waals surface area contributed by atoms with Gasteiger partial charge in [0.25, 0.3) is 0 Å². The molecule has 1 fully saturated rings. The zero-order chi connectivity index (χ0) is 18.4. The number of hydrogen-bond acceptors (Lipinski definition) is 4. The summed E-state index contributed by atoms with van der Waals surface area (Å²) in [5, 5.41) is 4.60. The van der Waals surface area contributed by atoms with E-state index in [2.05, 4.69) is 63.2 Å². The number of rotatable bonds is 5. The molecule has 1 saturated heterocycles. The lowest BCUT2D eigenvalue weighted by Gasteiger charge is -2.36. The maximum absolute atomic E-state index is 4.48. The molecule has 0 atom stereocenters. The van der Waals surface area contributed by atoms with Crippen molar-refractivity contribution in [2.24, 2.45) is 4.99 Å². The lowest BCUT2D eigenvalue weighted by molar-refractivity contribution is 0.172. The Hall–Kier alpha value is -1.92. The predicted molar refractivity (Wildman–Crippen MR) is 110 cm³/mol. The van der Waals surface area contributed by atoms with Gasteiger partial charge in [-0.2, -0.15) is 0 Å². The molecule has 1 aliphatic heterocycles. The standard InChI is InChI=1S/C20H29N5S/c1-4-18-13-22-19(26-18)14-23-20(21-3)25-10-8-24(9-11-25)15-17-7-5-6-16(2)12-17/h5-7,12-13H,4,8-11,14-15H2,1-3H3,(H,21,23). The summed E-state index contributed by atoms with van der Waals surface area (Å²) in [4.78, 5) is 15.1. The van der Waals surface area contributed by atoms with Crippen molar-refractivity contribution in [3.05, 3.63) is 51.5 Å². The molecule has 3 rings (SSSR count). The third-order valence-electron chi connectivity index (χ3n) is 4.72. The average molecular weight is 372 g/mol. The van der Waals surface area contributed by atoms with Crippen molar-refractivity contribution in [1.29, 1.82) is 0 Å². The second-order valence-corrected chi connectivity index (χ2v) is 7.93. The monoisotopic (exact) mass is 371 g/mol. The smallest absolute Gasteiger partial charge is 0.194 e. The van der Waals surface area contributed by atoms with Crippen LogP contribution in [0.5, 0.6) is 0 Å². The number of benzene rings is 1. The van der Waals surface area contributed by atoms with Crippen LogP contribution in [-0.2, 0) is 19.5 Å². The van der Waals surface area contributed by atoms with Crippen LogP contribution in [0.15, 0.2) is 35.5 Å². The largest absolute Gasteiger partial charge is 0.350 e. The maximum atomic E-state index is 4.48. The van der Waals surface area contributed by atoms with Crippen LogP contribution in [0.2, 0.25) is 0 Å². The molecule has 5 nitrogen and oxygen atoms in total. The summed E-state index contributed by atoms with van der Waals surface area (Å²) in [7, 11) is 1.86. The number of aliphatic imine (C=N–C) groups is 1. The molecule has 1 N–H and O–H groups in total. The fourth-order valence-electron chi connectivity index (χ4n) is 3.27. The first-order valence-corrected chi connectivity index (χ1v) is 10.2. The van der Waals surface area contributed by atoms with Crippen LogP contribution >= 0.6 is 11.3 Å². The Balaban J connectivity index is 1.47. The minimum Gasteiger partial charge on any atom is -0.350 e. The predicted octanol–water partition coefficient (Wildman–Crippen LogP) is 2.91. The van der Waals surface area contributed by atoms with Gasteiger partial charge in [-0.15, -0.1) is 11.3 Å². The lowest BCUT2D eigenvalue weighted by Crippen LogP contribution is -2.52. The van der Waals surface area contributed by atoms with Crippen LogP contribution in [0.1, 0.15) is 27.9 Å².